The van der Waals surface area contributed by atoms with Crippen molar-refractivity contribution in [2.75, 3.05) is 0 Å². The summed E-state index contributed by atoms with van der Waals surface area (Å²) in [6.45, 7) is 0. The van der Waals surface area contributed by atoms with Gasteiger partial charge in [-0.05, 0) is 0 Å². The van der Waals surface area contributed by atoms with Crippen molar-refractivity contribution >= 4 is 0 Å². The SMILES string of the molecule is F[C](F)C(F)(F)C(F)(F)F.NC(F)(F)F.NC(F)(F)F.NC(F)(F)F. The Morgan fingerprint density at radius 2 is 0.560 bits per heavy atom. The number of rotatable bonds is 1. The first-order valence-electron chi connectivity index (χ1n) is 4.39. The van der Waals surface area contributed by atoms with E-state index in [0.717, 1.165) is 0 Å². The minimum Gasteiger partial charge on any atom is -0.242 e. The fourth-order valence-corrected chi connectivity index (χ4v) is 0.107. The Morgan fingerprint density at radius 1 is 0.440 bits per heavy atom. The van der Waals surface area contributed by atoms with Gasteiger partial charge in [-0.3, -0.25) is 0 Å². The molecule has 0 fully saturated rings. The zero-order chi connectivity index (χ0) is 22.1. The lowest BCUT2D eigenvalue weighted by Crippen LogP contribution is -2.39. The average Bonchev–Trinajstić information content (AvgIpc) is 2.05. The third-order valence-electron chi connectivity index (χ3n) is 0.593. The topological polar surface area (TPSA) is 78.1 Å². The minimum atomic E-state index is -6.20. The van der Waals surface area contributed by atoms with Gasteiger partial charge in [0.1, 0.15) is 0 Å². The van der Waals surface area contributed by atoms with Gasteiger partial charge in [0.25, 0.3) is 0 Å². The van der Waals surface area contributed by atoms with Crippen molar-refractivity contribution in [2.24, 2.45) is 17.2 Å². The van der Waals surface area contributed by atoms with E-state index < -0.39 is 37.4 Å². The van der Waals surface area contributed by atoms with Crippen molar-refractivity contribution in [3.8, 4) is 0 Å². The molecule has 0 atom stereocenters. The Labute approximate surface area is 126 Å². The van der Waals surface area contributed by atoms with Crippen LogP contribution in [0.4, 0.5) is 70.2 Å². The van der Waals surface area contributed by atoms with E-state index in [9.17, 15) is 70.2 Å². The third kappa shape index (κ3) is 51.8. The Kier molecular flexibility index (Phi) is 13.5. The number of hydrogen-bond donors (Lipinski definition) is 3. The molecule has 3 nitrogen and oxygen atoms in total. The maximum atomic E-state index is 11.1. The van der Waals surface area contributed by atoms with Crippen LogP contribution < -0.4 is 17.2 Å². The highest BCUT2D eigenvalue weighted by molar-refractivity contribution is 4.89. The van der Waals surface area contributed by atoms with Crippen molar-refractivity contribution in [1.82, 2.24) is 0 Å². The smallest absolute Gasteiger partial charge is 0.242 e. The summed E-state index contributed by atoms with van der Waals surface area (Å²) in [6.07, 6.45) is -23.6. The first kappa shape index (κ1) is 31.5. The van der Waals surface area contributed by atoms with E-state index in [4.69, 9.17) is 0 Å². The molecule has 0 aromatic heterocycles. The molecule has 0 spiro atoms. The molecule has 0 rings (SSSR count). The number of nitrogens with two attached hydrogens (primary N) is 3. The molecule has 19 heteroatoms. The summed E-state index contributed by atoms with van der Waals surface area (Å²) < 4.78 is 167. The molecule has 0 unspecified atom stereocenters. The van der Waals surface area contributed by atoms with Crippen molar-refractivity contribution < 1.29 is 70.2 Å². The molecule has 0 saturated carbocycles. The number of hydrogen-bond acceptors (Lipinski definition) is 3. The lowest BCUT2D eigenvalue weighted by molar-refractivity contribution is -0.294. The predicted octanol–water partition coefficient (Wildman–Crippen LogP) is 4.01. The van der Waals surface area contributed by atoms with Gasteiger partial charge in [0.15, 0.2) is 0 Å². The van der Waals surface area contributed by atoms with Crippen LogP contribution in [0, 0.1) is 6.43 Å². The molecule has 25 heavy (non-hydrogen) atoms. The summed E-state index contributed by atoms with van der Waals surface area (Å²) in [5, 5.41) is 0. The van der Waals surface area contributed by atoms with E-state index in [1.807, 2.05) is 0 Å². The molecule has 6 N–H and O–H groups in total. The van der Waals surface area contributed by atoms with Gasteiger partial charge in [-0.1, -0.05) is 0 Å². The molecule has 0 bridgehead atoms. The third-order valence-corrected chi connectivity index (χ3v) is 0.593. The van der Waals surface area contributed by atoms with E-state index in [0.29, 0.717) is 0 Å². The van der Waals surface area contributed by atoms with Crippen molar-refractivity contribution in [2.45, 2.75) is 31.0 Å². The molecule has 0 aliphatic carbocycles. The largest absolute Gasteiger partial charge is 0.460 e. The summed E-state index contributed by atoms with van der Waals surface area (Å²) in [5.74, 6) is -5.98. The number of alkyl halides is 14. The summed E-state index contributed by atoms with van der Waals surface area (Å²) in [5.41, 5.74) is 10.1. The first-order chi connectivity index (χ1) is 10.2. The highest BCUT2D eigenvalue weighted by Gasteiger charge is 2.65. The van der Waals surface area contributed by atoms with E-state index in [1.54, 1.807) is 0 Å². The lowest BCUT2D eigenvalue weighted by atomic mass is 10.3. The monoisotopic (exact) mass is 424 g/mol. The second-order valence-electron chi connectivity index (χ2n) is 2.96. The standard InChI is InChI=1S/C3F7.3CH2F3N/c4-1(5)2(6,7)3(8,9)10;3*2-1(3,4)5/h;3*5H2. The normalized spacial score (nSPS) is 13.0. The van der Waals surface area contributed by atoms with Crippen LogP contribution in [0.1, 0.15) is 0 Å². The second kappa shape index (κ2) is 10.7. The van der Waals surface area contributed by atoms with Crippen LogP contribution >= 0.6 is 0 Å². The molecule has 0 aromatic carbocycles. The van der Waals surface area contributed by atoms with Crippen molar-refractivity contribution in [3.63, 3.8) is 0 Å². The van der Waals surface area contributed by atoms with E-state index in [2.05, 4.69) is 17.2 Å². The van der Waals surface area contributed by atoms with Crippen LogP contribution in [0.5, 0.6) is 0 Å². The zero-order valence-corrected chi connectivity index (χ0v) is 10.8. The highest BCUT2D eigenvalue weighted by Crippen LogP contribution is 2.43. The first-order valence-corrected chi connectivity index (χ1v) is 4.39. The molecule has 157 valence electrons. The van der Waals surface area contributed by atoms with Crippen LogP contribution in [0.2, 0.25) is 0 Å². The summed E-state index contributed by atoms with van der Waals surface area (Å²) in [7, 11) is 0. The summed E-state index contributed by atoms with van der Waals surface area (Å²) in [6, 6.07) is 0. The molecule has 0 aliphatic rings. The van der Waals surface area contributed by atoms with Gasteiger partial charge in [-0.25, -0.2) is 17.2 Å². The van der Waals surface area contributed by atoms with Crippen molar-refractivity contribution in [1.29, 1.82) is 0 Å². The minimum absolute atomic E-state index is 3.35. The summed E-state index contributed by atoms with van der Waals surface area (Å²) >= 11 is 0. The van der Waals surface area contributed by atoms with Crippen molar-refractivity contribution in [3.05, 3.63) is 6.43 Å². The molecule has 0 heterocycles. The molecular formula is C6H6F16N3. The Hall–Kier alpha value is -1.24. The van der Waals surface area contributed by atoms with Gasteiger partial charge in [0.05, 0.1) is 0 Å². The Morgan fingerprint density at radius 3 is 0.560 bits per heavy atom. The average molecular weight is 424 g/mol. The molecule has 0 aliphatic heterocycles. The molecular weight excluding hydrogens is 418 g/mol. The van der Waals surface area contributed by atoms with Crippen LogP contribution in [-0.4, -0.2) is 31.0 Å². The van der Waals surface area contributed by atoms with Gasteiger partial charge in [0, 0.05) is 0 Å². The number of halogens is 16. The molecule has 0 aromatic rings. The lowest BCUT2D eigenvalue weighted by Gasteiger charge is -2.16. The Bertz CT molecular complexity index is 274. The molecule has 0 amide bonds. The quantitative estimate of drug-likeness (QED) is 0.440. The van der Waals surface area contributed by atoms with Crippen LogP contribution in [-0.2, 0) is 0 Å². The highest BCUT2D eigenvalue weighted by atomic mass is 19.4. The van der Waals surface area contributed by atoms with Crippen LogP contribution in [0.15, 0.2) is 0 Å². The maximum absolute atomic E-state index is 11.1. The fraction of sp³-hybridized carbons (Fsp3) is 0.833. The zero-order valence-electron chi connectivity index (χ0n) is 10.8. The maximum Gasteiger partial charge on any atom is 0.460 e. The second-order valence-corrected chi connectivity index (χ2v) is 2.96. The molecule has 0 saturated heterocycles. The Balaban J connectivity index is -0.000000126. The van der Waals surface area contributed by atoms with Gasteiger partial charge in [-0.2, -0.15) is 70.2 Å². The molecule has 1 radical (unpaired) electrons. The summed E-state index contributed by atoms with van der Waals surface area (Å²) in [4.78, 5) is 0. The van der Waals surface area contributed by atoms with Gasteiger partial charge >= 0.3 is 37.4 Å². The predicted molar refractivity (Wildman–Crippen MR) is 47.2 cm³/mol. The fourth-order valence-electron chi connectivity index (χ4n) is 0.107. The van der Waals surface area contributed by atoms with Gasteiger partial charge in [0.2, 0.25) is 0 Å². The van der Waals surface area contributed by atoms with E-state index in [-0.39, 0.29) is 0 Å². The van der Waals surface area contributed by atoms with E-state index >= 15 is 0 Å². The van der Waals surface area contributed by atoms with Crippen LogP contribution in [0.25, 0.3) is 0 Å². The van der Waals surface area contributed by atoms with Gasteiger partial charge in [-0.15, -0.1) is 0 Å². The van der Waals surface area contributed by atoms with Gasteiger partial charge < -0.3 is 0 Å². The van der Waals surface area contributed by atoms with E-state index in [1.165, 1.54) is 0 Å². The van der Waals surface area contributed by atoms with Crippen LogP contribution in [0.3, 0.4) is 0 Å².